The van der Waals surface area contributed by atoms with E-state index in [0.29, 0.717) is 17.5 Å². The van der Waals surface area contributed by atoms with Crippen molar-refractivity contribution in [2.45, 2.75) is 0 Å². The van der Waals surface area contributed by atoms with E-state index in [1.54, 1.807) is 0 Å². The summed E-state index contributed by atoms with van der Waals surface area (Å²) in [6.07, 6.45) is 4.18. The average molecular weight is 165 g/mol. The van der Waals surface area contributed by atoms with E-state index >= 15 is 0 Å². The summed E-state index contributed by atoms with van der Waals surface area (Å²) >= 11 is 0. The number of carbonyl (C=O) groups is 1. The summed E-state index contributed by atoms with van der Waals surface area (Å²) in [4.78, 5) is 14.1. The molecule has 0 bridgehead atoms. The summed E-state index contributed by atoms with van der Waals surface area (Å²) in [5.74, 6) is -0.483. The summed E-state index contributed by atoms with van der Waals surface area (Å²) in [6.45, 7) is 0. The van der Waals surface area contributed by atoms with E-state index in [1.165, 1.54) is 10.7 Å². The van der Waals surface area contributed by atoms with Crippen molar-refractivity contribution in [2.24, 2.45) is 0 Å². The van der Waals surface area contributed by atoms with Crippen LogP contribution in [0, 0.1) is 5.82 Å². The van der Waals surface area contributed by atoms with Gasteiger partial charge in [0.2, 0.25) is 0 Å². The summed E-state index contributed by atoms with van der Waals surface area (Å²) in [7, 11) is 0. The zero-order chi connectivity index (χ0) is 8.55. The Morgan fingerprint density at radius 3 is 3.08 bits per heavy atom. The number of carbonyl (C=O) groups excluding carboxylic acids is 1. The molecule has 0 amide bonds. The predicted octanol–water partition coefficient (Wildman–Crippen LogP) is 0.681. The molecule has 0 fully saturated rings. The molecule has 2 heterocycles. The van der Waals surface area contributed by atoms with Crippen LogP contribution >= 0.6 is 0 Å². The molecule has 0 unspecified atom stereocenters. The molecule has 4 nitrogen and oxygen atoms in total. The number of nitrogens with zero attached hydrogens (tertiary/aromatic N) is 3. The van der Waals surface area contributed by atoms with Crippen molar-refractivity contribution in [1.29, 1.82) is 0 Å². The molecule has 2 rings (SSSR count). The van der Waals surface area contributed by atoms with E-state index in [0.717, 1.165) is 12.4 Å². The maximum atomic E-state index is 12.5. The average Bonchev–Trinajstić information content (AvgIpc) is 2.46. The van der Waals surface area contributed by atoms with Crippen LogP contribution in [0.25, 0.3) is 5.65 Å². The van der Waals surface area contributed by atoms with E-state index in [4.69, 9.17) is 0 Å². The summed E-state index contributed by atoms with van der Waals surface area (Å²) in [6, 6.07) is 0. The smallest absolute Gasteiger partial charge is 0.165 e. The van der Waals surface area contributed by atoms with Crippen LogP contribution in [0.3, 0.4) is 0 Å². The topological polar surface area (TPSA) is 47.3 Å². The number of rotatable bonds is 1. The van der Waals surface area contributed by atoms with Gasteiger partial charge in [-0.25, -0.2) is 13.9 Å². The Hall–Kier alpha value is -1.78. The summed E-state index contributed by atoms with van der Waals surface area (Å²) in [5.41, 5.74) is 0.724. The lowest BCUT2D eigenvalue weighted by Crippen LogP contribution is -1.92. The molecular formula is C7H4FN3O. The molecule has 0 aromatic carbocycles. The fraction of sp³-hybridized carbons (Fsp3) is 0. The van der Waals surface area contributed by atoms with Crippen molar-refractivity contribution >= 4 is 11.9 Å². The van der Waals surface area contributed by atoms with Gasteiger partial charge < -0.3 is 0 Å². The van der Waals surface area contributed by atoms with Gasteiger partial charge in [-0.3, -0.25) is 4.79 Å². The number of fused-ring (bicyclic) bond motifs is 1. The van der Waals surface area contributed by atoms with E-state index in [-0.39, 0.29) is 0 Å². The molecule has 2 aromatic heterocycles. The molecule has 0 saturated heterocycles. The predicted molar refractivity (Wildman–Crippen MR) is 38.3 cm³/mol. The van der Waals surface area contributed by atoms with Crippen LogP contribution in [0.5, 0.6) is 0 Å². The third-order valence-corrected chi connectivity index (χ3v) is 1.48. The van der Waals surface area contributed by atoms with Crippen molar-refractivity contribution < 1.29 is 9.18 Å². The van der Waals surface area contributed by atoms with Gasteiger partial charge in [0.25, 0.3) is 0 Å². The Morgan fingerprint density at radius 2 is 2.33 bits per heavy atom. The zero-order valence-electron chi connectivity index (χ0n) is 5.94. The Bertz CT molecular complexity index is 437. The highest BCUT2D eigenvalue weighted by molar-refractivity contribution is 5.83. The number of aromatic nitrogens is 3. The molecular weight excluding hydrogens is 161 g/mol. The fourth-order valence-electron chi connectivity index (χ4n) is 0.953. The number of hydrogen-bond donors (Lipinski definition) is 0. The van der Waals surface area contributed by atoms with Crippen LogP contribution in [0.2, 0.25) is 0 Å². The Labute approximate surface area is 66.6 Å². The van der Waals surface area contributed by atoms with Crippen LogP contribution in [0.4, 0.5) is 4.39 Å². The third-order valence-electron chi connectivity index (χ3n) is 1.48. The monoisotopic (exact) mass is 165 g/mol. The molecule has 0 N–H and O–H groups in total. The Morgan fingerprint density at radius 1 is 1.50 bits per heavy atom. The second-order valence-electron chi connectivity index (χ2n) is 2.26. The van der Waals surface area contributed by atoms with Crippen LogP contribution in [-0.2, 0) is 0 Å². The van der Waals surface area contributed by atoms with Gasteiger partial charge >= 0.3 is 0 Å². The first-order valence-corrected chi connectivity index (χ1v) is 3.25. The lowest BCUT2D eigenvalue weighted by molar-refractivity contribution is 0.112. The second-order valence-corrected chi connectivity index (χ2v) is 2.26. The van der Waals surface area contributed by atoms with Crippen molar-refractivity contribution in [1.82, 2.24) is 14.6 Å². The standard InChI is InChI=1S/C7H4FN3O/c8-6-2-9-7-5(4-12)1-10-11(7)3-6/h1-4H. The molecule has 0 aliphatic rings. The molecule has 12 heavy (non-hydrogen) atoms. The molecule has 0 atom stereocenters. The summed E-state index contributed by atoms with van der Waals surface area (Å²) < 4.78 is 13.8. The zero-order valence-corrected chi connectivity index (χ0v) is 5.94. The van der Waals surface area contributed by atoms with Crippen LogP contribution in [0.1, 0.15) is 10.4 Å². The lowest BCUT2D eigenvalue weighted by atomic mass is 10.4. The highest BCUT2D eigenvalue weighted by Crippen LogP contribution is 2.04. The molecule has 5 heteroatoms. The van der Waals surface area contributed by atoms with E-state index in [2.05, 4.69) is 10.1 Å². The van der Waals surface area contributed by atoms with Gasteiger partial charge in [0, 0.05) is 0 Å². The molecule has 0 spiro atoms. The fourth-order valence-corrected chi connectivity index (χ4v) is 0.953. The SMILES string of the molecule is O=Cc1cnn2cc(F)cnc12. The maximum Gasteiger partial charge on any atom is 0.165 e. The van der Waals surface area contributed by atoms with E-state index in [9.17, 15) is 9.18 Å². The Balaban J connectivity index is 2.81. The third kappa shape index (κ3) is 0.868. The van der Waals surface area contributed by atoms with Crippen molar-refractivity contribution in [3.8, 4) is 0 Å². The van der Waals surface area contributed by atoms with Gasteiger partial charge in [-0.15, -0.1) is 0 Å². The van der Waals surface area contributed by atoms with Gasteiger partial charge in [-0.1, -0.05) is 0 Å². The normalized spacial score (nSPS) is 10.4. The minimum Gasteiger partial charge on any atom is -0.298 e. The minimum absolute atomic E-state index is 0.356. The van der Waals surface area contributed by atoms with Crippen LogP contribution < -0.4 is 0 Å². The van der Waals surface area contributed by atoms with Crippen molar-refractivity contribution in [3.63, 3.8) is 0 Å². The van der Waals surface area contributed by atoms with Crippen molar-refractivity contribution in [2.75, 3.05) is 0 Å². The molecule has 0 aliphatic heterocycles. The quantitative estimate of drug-likeness (QED) is 0.584. The Kier molecular flexibility index (Phi) is 1.36. The first-order valence-electron chi connectivity index (χ1n) is 3.25. The van der Waals surface area contributed by atoms with Gasteiger partial charge in [0.05, 0.1) is 24.2 Å². The van der Waals surface area contributed by atoms with E-state index < -0.39 is 5.82 Å². The summed E-state index contributed by atoms with van der Waals surface area (Å²) in [5, 5.41) is 3.73. The van der Waals surface area contributed by atoms with Crippen LogP contribution in [0.15, 0.2) is 18.6 Å². The second kappa shape index (κ2) is 2.37. The minimum atomic E-state index is -0.483. The first-order chi connectivity index (χ1) is 5.81. The van der Waals surface area contributed by atoms with E-state index in [1.807, 2.05) is 0 Å². The molecule has 0 aliphatic carbocycles. The lowest BCUT2D eigenvalue weighted by Gasteiger charge is -1.90. The van der Waals surface area contributed by atoms with Gasteiger partial charge in [-0.05, 0) is 0 Å². The number of aldehydes is 1. The molecule has 2 aromatic rings. The van der Waals surface area contributed by atoms with Gasteiger partial charge in [0.1, 0.15) is 0 Å². The van der Waals surface area contributed by atoms with Gasteiger partial charge in [0.15, 0.2) is 17.8 Å². The number of halogens is 1. The van der Waals surface area contributed by atoms with Gasteiger partial charge in [-0.2, -0.15) is 5.10 Å². The molecule has 0 saturated carbocycles. The van der Waals surface area contributed by atoms with Crippen LogP contribution in [-0.4, -0.2) is 20.9 Å². The highest BCUT2D eigenvalue weighted by Gasteiger charge is 2.03. The van der Waals surface area contributed by atoms with Crippen molar-refractivity contribution in [3.05, 3.63) is 30.0 Å². The maximum absolute atomic E-state index is 12.5. The largest absolute Gasteiger partial charge is 0.298 e. The molecule has 60 valence electrons. The highest BCUT2D eigenvalue weighted by atomic mass is 19.1. The first kappa shape index (κ1) is 6.90. The molecule has 0 radical (unpaired) electrons. The number of hydrogen-bond acceptors (Lipinski definition) is 3.